The Labute approximate surface area is 136 Å². The maximum absolute atomic E-state index is 11.5. The second kappa shape index (κ2) is 8.12. The van der Waals surface area contributed by atoms with Gasteiger partial charge in [0, 0.05) is 11.3 Å². The fourth-order valence-electron chi connectivity index (χ4n) is 2.89. The lowest BCUT2D eigenvalue weighted by atomic mass is 9.84. The average Bonchev–Trinajstić information content (AvgIpc) is 2.86. The summed E-state index contributed by atoms with van der Waals surface area (Å²) in [5.41, 5.74) is 2.25. The molecule has 22 heavy (non-hydrogen) atoms. The summed E-state index contributed by atoms with van der Waals surface area (Å²) in [4.78, 5) is 11.5. The van der Waals surface area contributed by atoms with Gasteiger partial charge in [0.05, 0.1) is 6.61 Å². The van der Waals surface area contributed by atoms with Crippen LogP contribution in [0.5, 0.6) is 0 Å². The smallest absolute Gasteiger partial charge is 0.413 e. The number of aromatic nitrogens is 2. The summed E-state index contributed by atoms with van der Waals surface area (Å²) in [6, 6.07) is 0. The van der Waals surface area contributed by atoms with Crippen molar-refractivity contribution in [2.24, 2.45) is 0 Å². The number of carbonyl (C=O) groups excluding carboxylic acids is 1. The van der Waals surface area contributed by atoms with Crippen LogP contribution in [0.1, 0.15) is 62.6 Å². The van der Waals surface area contributed by atoms with E-state index >= 15 is 0 Å². The van der Waals surface area contributed by atoms with Gasteiger partial charge >= 0.3 is 6.09 Å². The number of ether oxygens (including phenoxy) is 1. The van der Waals surface area contributed by atoms with E-state index < -0.39 is 6.09 Å². The van der Waals surface area contributed by atoms with Gasteiger partial charge in [-0.05, 0) is 44.3 Å². The molecule has 1 fully saturated rings. The summed E-state index contributed by atoms with van der Waals surface area (Å²) >= 11 is 5.16. The molecule has 0 bridgehead atoms. The molecule has 1 aromatic heterocycles. The molecule has 1 aliphatic rings. The van der Waals surface area contributed by atoms with E-state index in [0.717, 1.165) is 12.1 Å². The van der Waals surface area contributed by atoms with Gasteiger partial charge in [-0.3, -0.25) is 10.4 Å². The van der Waals surface area contributed by atoms with Crippen LogP contribution >= 0.6 is 12.2 Å². The molecule has 0 atom stereocenters. The lowest BCUT2D eigenvalue weighted by Crippen LogP contribution is -2.35. The van der Waals surface area contributed by atoms with Crippen molar-refractivity contribution in [3.05, 3.63) is 11.3 Å². The van der Waals surface area contributed by atoms with Crippen LogP contribution in [0, 0.1) is 6.92 Å². The average molecular weight is 324 g/mol. The standard InChI is InChI=1S/C15H24N4O2S/c1-3-9-21-15(20)17-14(22)16-13-12(10(2)18-19-13)11-7-5-4-6-8-11/h11H,3-9H2,1-2H3,(H3,16,17,18,19,20,22). The van der Waals surface area contributed by atoms with Crippen molar-refractivity contribution in [2.45, 2.75) is 58.3 Å². The molecule has 0 aromatic carbocycles. The highest BCUT2D eigenvalue weighted by molar-refractivity contribution is 7.80. The topological polar surface area (TPSA) is 79.0 Å². The van der Waals surface area contributed by atoms with E-state index in [9.17, 15) is 4.79 Å². The van der Waals surface area contributed by atoms with Crippen molar-refractivity contribution in [3.8, 4) is 0 Å². The number of anilines is 1. The Morgan fingerprint density at radius 2 is 2.14 bits per heavy atom. The minimum Gasteiger partial charge on any atom is -0.449 e. The Morgan fingerprint density at radius 1 is 1.41 bits per heavy atom. The Morgan fingerprint density at radius 3 is 2.82 bits per heavy atom. The highest BCUT2D eigenvalue weighted by Gasteiger charge is 2.23. The number of nitrogens with one attached hydrogen (secondary N) is 3. The molecule has 1 aliphatic carbocycles. The number of thiocarbonyl (C=S) groups is 1. The summed E-state index contributed by atoms with van der Waals surface area (Å²) < 4.78 is 4.95. The summed E-state index contributed by atoms with van der Waals surface area (Å²) in [6.07, 6.45) is 6.39. The summed E-state index contributed by atoms with van der Waals surface area (Å²) in [7, 11) is 0. The summed E-state index contributed by atoms with van der Waals surface area (Å²) in [6.45, 7) is 4.34. The van der Waals surface area contributed by atoms with E-state index in [4.69, 9.17) is 17.0 Å². The van der Waals surface area contributed by atoms with Gasteiger partial charge in [0.15, 0.2) is 10.9 Å². The Bertz CT molecular complexity index is 524. The van der Waals surface area contributed by atoms with E-state index in [1.54, 1.807) is 0 Å². The summed E-state index contributed by atoms with van der Waals surface area (Å²) in [5, 5.41) is 13.0. The van der Waals surface area contributed by atoms with Crippen LogP contribution in [0.4, 0.5) is 10.6 Å². The largest absolute Gasteiger partial charge is 0.449 e. The first-order chi connectivity index (χ1) is 10.6. The fraction of sp³-hybridized carbons (Fsp3) is 0.667. The van der Waals surface area contributed by atoms with Crippen LogP contribution in [-0.4, -0.2) is 28.0 Å². The number of hydrogen-bond acceptors (Lipinski definition) is 4. The molecule has 0 saturated heterocycles. The fourth-order valence-corrected chi connectivity index (χ4v) is 3.07. The van der Waals surface area contributed by atoms with Gasteiger partial charge in [0.1, 0.15) is 0 Å². The first-order valence-corrected chi connectivity index (χ1v) is 8.32. The van der Waals surface area contributed by atoms with Gasteiger partial charge in [-0.25, -0.2) is 4.79 Å². The number of aromatic amines is 1. The highest BCUT2D eigenvalue weighted by Crippen LogP contribution is 2.37. The molecular weight excluding hydrogens is 300 g/mol. The lowest BCUT2D eigenvalue weighted by molar-refractivity contribution is 0.152. The number of H-pyrrole nitrogens is 1. The van der Waals surface area contributed by atoms with Crippen molar-refractivity contribution in [3.63, 3.8) is 0 Å². The minimum absolute atomic E-state index is 0.213. The number of aryl methyl sites for hydroxylation is 1. The molecular formula is C15H24N4O2S. The first kappa shape index (κ1) is 16.7. The van der Waals surface area contributed by atoms with Crippen molar-refractivity contribution in [1.29, 1.82) is 0 Å². The van der Waals surface area contributed by atoms with E-state index in [0.29, 0.717) is 18.3 Å². The lowest BCUT2D eigenvalue weighted by Gasteiger charge is -2.22. The zero-order valence-corrected chi connectivity index (χ0v) is 14.0. The van der Waals surface area contributed by atoms with Crippen molar-refractivity contribution < 1.29 is 9.53 Å². The monoisotopic (exact) mass is 324 g/mol. The van der Waals surface area contributed by atoms with Gasteiger partial charge in [0.2, 0.25) is 0 Å². The van der Waals surface area contributed by atoms with Crippen LogP contribution in [0.25, 0.3) is 0 Å². The van der Waals surface area contributed by atoms with Gasteiger partial charge in [-0.1, -0.05) is 26.2 Å². The third kappa shape index (κ3) is 4.43. The van der Waals surface area contributed by atoms with Crippen molar-refractivity contribution in [1.82, 2.24) is 15.5 Å². The van der Waals surface area contributed by atoms with E-state index in [-0.39, 0.29) is 5.11 Å². The Balaban J connectivity index is 1.97. The molecule has 122 valence electrons. The number of rotatable bonds is 4. The van der Waals surface area contributed by atoms with Gasteiger partial charge in [0.25, 0.3) is 0 Å². The predicted octanol–water partition coefficient (Wildman–Crippen LogP) is 3.60. The number of amides is 1. The van der Waals surface area contributed by atoms with Crippen LogP contribution in [0.2, 0.25) is 0 Å². The highest BCUT2D eigenvalue weighted by atomic mass is 32.1. The molecule has 3 N–H and O–H groups in total. The number of carbonyl (C=O) groups is 1. The number of nitrogens with zero attached hydrogens (tertiary/aromatic N) is 1. The second-order valence-electron chi connectivity index (χ2n) is 5.66. The molecule has 0 aliphatic heterocycles. The molecule has 6 nitrogen and oxygen atoms in total. The maximum Gasteiger partial charge on any atom is 0.413 e. The van der Waals surface area contributed by atoms with E-state index in [1.165, 1.54) is 37.7 Å². The maximum atomic E-state index is 11.5. The zero-order valence-electron chi connectivity index (χ0n) is 13.2. The molecule has 0 spiro atoms. The first-order valence-electron chi connectivity index (χ1n) is 7.91. The minimum atomic E-state index is -0.536. The predicted molar refractivity (Wildman–Crippen MR) is 90.1 cm³/mol. The molecule has 7 heteroatoms. The van der Waals surface area contributed by atoms with E-state index in [1.807, 2.05) is 13.8 Å². The third-order valence-electron chi connectivity index (χ3n) is 3.89. The second-order valence-corrected chi connectivity index (χ2v) is 6.07. The Hall–Kier alpha value is -1.63. The molecule has 1 heterocycles. The Kier molecular flexibility index (Phi) is 6.18. The normalized spacial score (nSPS) is 15.4. The van der Waals surface area contributed by atoms with Gasteiger partial charge in [-0.15, -0.1) is 0 Å². The summed E-state index contributed by atoms with van der Waals surface area (Å²) in [5.74, 6) is 1.22. The molecule has 0 radical (unpaired) electrons. The van der Waals surface area contributed by atoms with Crippen molar-refractivity contribution >= 4 is 29.2 Å². The van der Waals surface area contributed by atoms with E-state index in [2.05, 4.69) is 20.8 Å². The molecule has 0 unspecified atom stereocenters. The van der Waals surface area contributed by atoms with Gasteiger partial charge in [-0.2, -0.15) is 5.10 Å². The van der Waals surface area contributed by atoms with Crippen LogP contribution in [0.3, 0.4) is 0 Å². The van der Waals surface area contributed by atoms with Crippen LogP contribution < -0.4 is 10.6 Å². The SMILES string of the molecule is CCCOC(=O)NC(=S)Nc1n[nH]c(C)c1C1CCCCC1. The number of alkyl carbamates (subject to hydrolysis) is 1. The zero-order chi connectivity index (χ0) is 15.9. The van der Waals surface area contributed by atoms with Crippen LogP contribution in [0.15, 0.2) is 0 Å². The number of hydrogen-bond donors (Lipinski definition) is 3. The van der Waals surface area contributed by atoms with Crippen molar-refractivity contribution in [2.75, 3.05) is 11.9 Å². The molecule has 1 aromatic rings. The third-order valence-corrected chi connectivity index (χ3v) is 4.10. The van der Waals surface area contributed by atoms with Crippen LogP contribution in [-0.2, 0) is 4.74 Å². The molecule has 1 saturated carbocycles. The molecule has 1 amide bonds. The van der Waals surface area contributed by atoms with Gasteiger partial charge < -0.3 is 10.1 Å². The quantitative estimate of drug-likeness (QED) is 0.738. The molecule has 2 rings (SSSR count).